The van der Waals surface area contributed by atoms with Crippen LogP contribution in [0.4, 0.5) is 0 Å². The molecule has 0 saturated heterocycles. The average Bonchev–Trinajstić information content (AvgIpc) is 3.70. The fourth-order valence-corrected chi connectivity index (χ4v) is 10.1. The molecule has 0 atom stereocenters. The number of aryl methyl sites for hydroxylation is 2. The first-order valence-electron chi connectivity index (χ1n) is 23.3. The third-order valence-electron chi connectivity index (χ3n) is 13.6. The molecule has 10 aromatic carbocycles. The molecule has 0 bridgehead atoms. The summed E-state index contributed by atoms with van der Waals surface area (Å²) in [5, 5.41) is 0. The van der Waals surface area contributed by atoms with Crippen LogP contribution in [0.1, 0.15) is 66.8 Å². The van der Waals surface area contributed by atoms with E-state index in [9.17, 15) is 0 Å². The van der Waals surface area contributed by atoms with Crippen LogP contribution >= 0.6 is 0 Å². The zero-order chi connectivity index (χ0) is 45.2. The van der Waals surface area contributed by atoms with Crippen molar-refractivity contribution in [1.29, 1.82) is 0 Å². The zero-order valence-electron chi connectivity index (χ0n) is 37.9. The highest BCUT2D eigenvalue weighted by molar-refractivity contribution is 5.93. The molecule has 0 saturated carbocycles. The topological polar surface area (TPSA) is 0 Å². The fraction of sp³-hybridized carbons (Fsp3) is 0.0448. The molecule has 0 radical (unpaired) electrons. The van der Waals surface area contributed by atoms with Gasteiger partial charge in [-0.25, -0.2) is 0 Å². The van der Waals surface area contributed by atoms with E-state index in [1.165, 1.54) is 111 Å². The molecule has 0 aliphatic heterocycles. The Morgan fingerprint density at radius 2 is 0.582 bits per heavy atom. The van der Waals surface area contributed by atoms with Gasteiger partial charge in [-0.3, -0.25) is 0 Å². The largest absolute Gasteiger partial charge is 0.0713 e. The second kappa shape index (κ2) is 17.9. The Morgan fingerprint density at radius 1 is 0.284 bits per heavy atom. The SMILES string of the molecule is Cc1ccc(/C(=C\c2ccc(-c3ccc(C4(c5ccc(-c6ccc(/C=C(/c7ccccc7)c7ccc(C)cc7)cc6)cc5)c5ccccc5-c5ccccc54)cc3)cc2)c2ccccc2)cc1. The third-order valence-corrected chi connectivity index (χ3v) is 13.6. The Labute approximate surface area is 395 Å². The van der Waals surface area contributed by atoms with Crippen molar-refractivity contribution >= 4 is 23.3 Å². The van der Waals surface area contributed by atoms with Crippen LogP contribution in [0.15, 0.2) is 255 Å². The molecule has 10 aromatic rings. The van der Waals surface area contributed by atoms with Crippen molar-refractivity contribution in [2.24, 2.45) is 0 Å². The van der Waals surface area contributed by atoms with E-state index >= 15 is 0 Å². The van der Waals surface area contributed by atoms with Gasteiger partial charge >= 0.3 is 0 Å². The van der Waals surface area contributed by atoms with E-state index in [-0.39, 0.29) is 0 Å². The smallest absolute Gasteiger partial charge is 0.0622 e. The number of rotatable bonds is 10. The molecular formula is C67H50. The molecule has 0 unspecified atom stereocenters. The van der Waals surface area contributed by atoms with Crippen molar-refractivity contribution in [2.45, 2.75) is 19.3 Å². The third kappa shape index (κ3) is 7.98. The molecule has 0 amide bonds. The van der Waals surface area contributed by atoms with Crippen LogP contribution in [-0.2, 0) is 5.41 Å². The lowest BCUT2D eigenvalue weighted by molar-refractivity contribution is 0.769. The Kier molecular flexibility index (Phi) is 11.1. The van der Waals surface area contributed by atoms with Crippen molar-refractivity contribution < 1.29 is 0 Å². The second-order valence-corrected chi connectivity index (χ2v) is 17.8. The minimum absolute atomic E-state index is 0.485. The molecule has 1 aliphatic rings. The van der Waals surface area contributed by atoms with Gasteiger partial charge in [0.05, 0.1) is 5.41 Å². The van der Waals surface area contributed by atoms with Gasteiger partial charge in [0, 0.05) is 0 Å². The molecule has 0 spiro atoms. The van der Waals surface area contributed by atoms with Crippen LogP contribution in [0, 0.1) is 13.8 Å². The Hall–Kier alpha value is -8.32. The van der Waals surface area contributed by atoms with Crippen molar-refractivity contribution in [3.05, 3.63) is 322 Å². The van der Waals surface area contributed by atoms with Gasteiger partial charge in [0.1, 0.15) is 0 Å². The van der Waals surface area contributed by atoms with Crippen LogP contribution < -0.4 is 0 Å². The minimum atomic E-state index is -0.485. The molecule has 0 heteroatoms. The lowest BCUT2D eigenvalue weighted by Crippen LogP contribution is -2.28. The predicted octanol–water partition coefficient (Wildman–Crippen LogP) is 17.2. The van der Waals surface area contributed by atoms with Gasteiger partial charge in [-0.15, -0.1) is 0 Å². The quantitative estimate of drug-likeness (QED) is 0.120. The molecule has 1 aliphatic carbocycles. The molecule has 0 aromatic heterocycles. The first-order chi connectivity index (χ1) is 33.0. The van der Waals surface area contributed by atoms with E-state index in [0.29, 0.717) is 0 Å². The summed E-state index contributed by atoms with van der Waals surface area (Å²) in [5.41, 5.74) is 24.1. The Balaban J connectivity index is 0.927. The van der Waals surface area contributed by atoms with Crippen LogP contribution in [0.2, 0.25) is 0 Å². The van der Waals surface area contributed by atoms with Crippen molar-refractivity contribution in [3.8, 4) is 33.4 Å². The number of hydrogen-bond acceptors (Lipinski definition) is 0. The zero-order valence-corrected chi connectivity index (χ0v) is 37.9. The molecule has 0 nitrogen and oxygen atoms in total. The van der Waals surface area contributed by atoms with Gasteiger partial charge < -0.3 is 0 Å². The van der Waals surface area contributed by atoms with Gasteiger partial charge in [0.2, 0.25) is 0 Å². The molecule has 0 N–H and O–H groups in total. The summed E-state index contributed by atoms with van der Waals surface area (Å²) in [4.78, 5) is 0. The minimum Gasteiger partial charge on any atom is -0.0622 e. The molecular weight excluding hydrogens is 805 g/mol. The van der Waals surface area contributed by atoms with Crippen LogP contribution in [0.25, 0.3) is 56.7 Å². The number of hydrogen-bond donors (Lipinski definition) is 0. The van der Waals surface area contributed by atoms with Crippen LogP contribution in [0.3, 0.4) is 0 Å². The summed E-state index contributed by atoms with van der Waals surface area (Å²) in [6.07, 6.45) is 4.61. The molecule has 0 fully saturated rings. The maximum Gasteiger partial charge on any atom is 0.0713 e. The maximum absolute atomic E-state index is 2.35. The number of benzene rings is 10. The van der Waals surface area contributed by atoms with E-state index < -0.39 is 5.41 Å². The monoisotopic (exact) mass is 854 g/mol. The van der Waals surface area contributed by atoms with Gasteiger partial charge in [-0.05, 0) is 126 Å². The van der Waals surface area contributed by atoms with Gasteiger partial charge in [-0.2, -0.15) is 0 Å². The Bertz CT molecular complexity index is 3140. The van der Waals surface area contributed by atoms with Gasteiger partial charge in [0.25, 0.3) is 0 Å². The summed E-state index contributed by atoms with van der Waals surface area (Å²) in [6, 6.07) is 93.6. The summed E-state index contributed by atoms with van der Waals surface area (Å²) >= 11 is 0. The average molecular weight is 855 g/mol. The highest BCUT2D eigenvalue weighted by atomic mass is 14.5. The predicted molar refractivity (Wildman–Crippen MR) is 284 cm³/mol. The normalized spacial score (nSPS) is 12.9. The summed E-state index contributed by atoms with van der Waals surface area (Å²) in [5.74, 6) is 0. The molecule has 0 heterocycles. The van der Waals surface area contributed by atoms with Gasteiger partial charge in [0.15, 0.2) is 0 Å². The van der Waals surface area contributed by atoms with Crippen LogP contribution in [-0.4, -0.2) is 0 Å². The molecule has 67 heavy (non-hydrogen) atoms. The van der Waals surface area contributed by atoms with Gasteiger partial charge in [-0.1, -0.05) is 266 Å². The summed E-state index contributed by atoms with van der Waals surface area (Å²) in [6.45, 7) is 4.27. The summed E-state index contributed by atoms with van der Waals surface area (Å²) in [7, 11) is 0. The van der Waals surface area contributed by atoms with E-state index in [1.54, 1.807) is 0 Å². The molecule has 11 rings (SSSR count). The maximum atomic E-state index is 2.35. The Morgan fingerprint density at radius 3 is 0.940 bits per heavy atom. The van der Waals surface area contributed by atoms with Crippen molar-refractivity contribution in [2.75, 3.05) is 0 Å². The van der Waals surface area contributed by atoms with E-state index in [0.717, 1.165) is 0 Å². The highest BCUT2D eigenvalue weighted by Crippen LogP contribution is 2.56. The second-order valence-electron chi connectivity index (χ2n) is 17.8. The first-order valence-corrected chi connectivity index (χ1v) is 23.3. The highest BCUT2D eigenvalue weighted by Gasteiger charge is 2.45. The van der Waals surface area contributed by atoms with Crippen molar-refractivity contribution in [3.63, 3.8) is 0 Å². The van der Waals surface area contributed by atoms with Crippen molar-refractivity contribution in [1.82, 2.24) is 0 Å². The fourth-order valence-electron chi connectivity index (χ4n) is 10.1. The van der Waals surface area contributed by atoms with E-state index in [1.807, 2.05) is 0 Å². The number of fused-ring (bicyclic) bond motifs is 3. The first kappa shape index (κ1) is 41.4. The summed E-state index contributed by atoms with van der Waals surface area (Å²) < 4.78 is 0. The van der Waals surface area contributed by atoms with Crippen LogP contribution in [0.5, 0.6) is 0 Å². The molecule has 318 valence electrons. The lowest BCUT2D eigenvalue weighted by atomic mass is 9.67. The lowest BCUT2D eigenvalue weighted by Gasteiger charge is -2.34. The van der Waals surface area contributed by atoms with E-state index in [2.05, 4.69) is 281 Å². The standard InChI is InChI=1S/C67H50/c1-47-21-29-57(30-22-47)63(55-13-5-3-6-14-55)45-49-25-33-51(34-26-49)53-37-41-59(42-38-53)67(65-19-11-9-17-61(65)62-18-10-12-20-66(62)67)60-43-39-54(40-44-60)52-35-27-50(28-36-52)46-64(56-15-7-4-8-16-56)58-31-23-48(2)24-32-58/h3-46H,1-2H3/b63-45-,64-46-. The van der Waals surface area contributed by atoms with E-state index in [4.69, 9.17) is 0 Å².